The molecular formula is C24H22Cl2F6N2O4S. The van der Waals surface area contributed by atoms with Crippen molar-refractivity contribution in [2.75, 3.05) is 13.1 Å². The molecule has 1 aliphatic rings. The number of hydrogen-bond acceptors (Lipinski definition) is 5. The second kappa shape index (κ2) is 11.9. The van der Waals surface area contributed by atoms with Crippen LogP contribution in [0.15, 0.2) is 49.1 Å². The van der Waals surface area contributed by atoms with Gasteiger partial charge in [0, 0.05) is 12.6 Å². The summed E-state index contributed by atoms with van der Waals surface area (Å²) in [5, 5.41) is 1.33. The minimum absolute atomic E-state index is 0.137. The number of likely N-dealkylation sites (tertiary alicyclic amines) is 1. The van der Waals surface area contributed by atoms with Gasteiger partial charge in [-0.3, -0.25) is 9.69 Å². The van der Waals surface area contributed by atoms with Gasteiger partial charge in [-0.2, -0.15) is 34.8 Å². The van der Waals surface area contributed by atoms with E-state index in [0.29, 0.717) is 32.0 Å². The summed E-state index contributed by atoms with van der Waals surface area (Å²) in [6.07, 6.45) is -1.30. The van der Waals surface area contributed by atoms with E-state index in [4.69, 9.17) is 23.2 Å². The summed E-state index contributed by atoms with van der Waals surface area (Å²) >= 11 is 12.0. The van der Waals surface area contributed by atoms with Gasteiger partial charge in [0.1, 0.15) is 5.75 Å². The highest BCUT2D eigenvalue weighted by Gasteiger charge is 2.48. The Morgan fingerprint density at radius 3 is 2.46 bits per heavy atom. The number of nitrogens with zero attached hydrogens (tertiary/aromatic N) is 1. The molecule has 1 amide bonds. The van der Waals surface area contributed by atoms with E-state index in [9.17, 15) is 39.6 Å². The number of amides is 1. The van der Waals surface area contributed by atoms with Crippen molar-refractivity contribution in [3.63, 3.8) is 0 Å². The van der Waals surface area contributed by atoms with Gasteiger partial charge in [0.15, 0.2) is 0 Å². The molecule has 1 fully saturated rings. The Bertz CT molecular complexity index is 1330. The summed E-state index contributed by atoms with van der Waals surface area (Å²) in [5.41, 5.74) is -7.47. The average molecular weight is 619 g/mol. The summed E-state index contributed by atoms with van der Waals surface area (Å²) in [4.78, 5) is 15.3. The van der Waals surface area contributed by atoms with Crippen LogP contribution in [0.1, 0.15) is 46.8 Å². The van der Waals surface area contributed by atoms with Crippen molar-refractivity contribution in [2.45, 2.75) is 43.0 Å². The van der Waals surface area contributed by atoms with Crippen molar-refractivity contribution in [1.29, 1.82) is 0 Å². The van der Waals surface area contributed by atoms with E-state index in [1.165, 1.54) is 12.1 Å². The van der Waals surface area contributed by atoms with Crippen LogP contribution in [0.2, 0.25) is 10.0 Å². The van der Waals surface area contributed by atoms with Gasteiger partial charge in [-0.05, 0) is 49.2 Å². The molecule has 2 aromatic rings. The lowest BCUT2D eigenvalue weighted by atomic mass is 9.90. The Balaban J connectivity index is 2.07. The number of nitrogens with one attached hydrogen (secondary N) is 1. The number of hydrogen-bond donors (Lipinski definition) is 1. The number of carbonyl (C=O) groups is 1. The monoisotopic (exact) mass is 618 g/mol. The van der Waals surface area contributed by atoms with Gasteiger partial charge in [0.05, 0.1) is 27.2 Å². The second-order valence-electron chi connectivity index (χ2n) is 8.64. The molecule has 0 spiro atoms. The van der Waals surface area contributed by atoms with Crippen molar-refractivity contribution in [2.24, 2.45) is 0 Å². The summed E-state index contributed by atoms with van der Waals surface area (Å²) < 4.78 is 106. The van der Waals surface area contributed by atoms with Crippen LogP contribution in [0, 0.1) is 0 Å². The highest BCUT2D eigenvalue weighted by molar-refractivity contribution is 7.88. The molecule has 15 heteroatoms. The standard InChI is InChI=1S/C24H22Cl2F6N2O4S/c1-2-11-34-12-4-3-8-18(34)21(14-6-5-7-15(13-14)38-39(36,37)24(30,31)32)33-22(35)19-17(25)10-9-16(20(19)26)23(27,28)29/h2,5-7,9-10,13,18,21H,1,3-4,8,11-12H2,(H,33,35)/t18-,21-/m0/s1. The largest absolute Gasteiger partial charge is 0.534 e. The third-order valence-corrected chi connectivity index (χ3v) is 7.72. The van der Waals surface area contributed by atoms with Crippen molar-refractivity contribution < 1.29 is 43.7 Å². The fourth-order valence-electron chi connectivity index (χ4n) is 4.32. The van der Waals surface area contributed by atoms with Crippen molar-refractivity contribution in [3.8, 4) is 5.75 Å². The normalized spacial score (nSPS) is 17.9. The maximum absolute atomic E-state index is 13.4. The van der Waals surface area contributed by atoms with Gasteiger partial charge in [0.25, 0.3) is 5.91 Å². The second-order valence-corrected chi connectivity index (χ2v) is 11.0. The predicted molar refractivity (Wildman–Crippen MR) is 133 cm³/mol. The van der Waals surface area contributed by atoms with Crippen LogP contribution in [-0.4, -0.2) is 43.9 Å². The Labute approximate surface area is 230 Å². The fourth-order valence-corrected chi connectivity index (χ4v) is 5.42. The average Bonchev–Trinajstić information content (AvgIpc) is 2.81. The van der Waals surface area contributed by atoms with Crippen LogP contribution in [-0.2, 0) is 16.3 Å². The summed E-state index contributed by atoms with van der Waals surface area (Å²) in [7, 11) is -5.99. The van der Waals surface area contributed by atoms with Gasteiger partial charge in [-0.15, -0.1) is 6.58 Å². The van der Waals surface area contributed by atoms with Crippen molar-refractivity contribution in [3.05, 3.63) is 75.8 Å². The first-order chi connectivity index (χ1) is 18.1. The molecule has 1 N–H and O–H groups in total. The number of benzene rings is 2. The van der Waals surface area contributed by atoms with E-state index in [-0.39, 0.29) is 10.6 Å². The minimum Gasteiger partial charge on any atom is -0.376 e. The maximum atomic E-state index is 13.4. The van der Waals surface area contributed by atoms with E-state index in [1.807, 2.05) is 4.90 Å². The Morgan fingerprint density at radius 2 is 1.85 bits per heavy atom. The van der Waals surface area contributed by atoms with Crippen LogP contribution in [0.3, 0.4) is 0 Å². The third-order valence-electron chi connectivity index (χ3n) is 6.03. The quantitative estimate of drug-likeness (QED) is 0.153. The van der Waals surface area contributed by atoms with Gasteiger partial charge < -0.3 is 9.50 Å². The van der Waals surface area contributed by atoms with Gasteiger partial charge in [-0.1, -0.05) is 47.8 Å². The molecule has 0 saturated carbocycles. The fraction of sp³-hybridized carbons (Fsp3) is 0.375. The van der Waals surface area contributed by atoms with Crippen molar-refractivity contribution >= 4 is 39.2 Å². The summed E-state index contributed by atoms with van der Waals surface area (Å²) in [6, 6.07) is 4.58. The van der Waals surface area contributed by atoms with E-state index < -0.39 is 61.7 Å². The zero-order valence-electron chi connectivity index (χ0n) is 20.0. The number of rotatable bonds is 8. The molecule has 0 unspecified atom stereocenters. The van der Waals surface area contributed by atoms with Crippen molar-refractivity contribution in [1.82, 2.24) is 10.2 Å². The zero-order chi connectivity index (χ0) is 29.2. The molecule has 0 aliphatic carbocycles. The molecule has 1 heterocycles. The smallest absolute Gasteiger partial charge is 0.376 e. The first kappa shape index (κ1) is 31.1. The van der Waals surface area contributed by atoms with Crippen LogP contribution in [0.25, 0.3) is 0 Å². The zero-order valence-corrected chi connectivity index (χ0v) is 22.3. The maximum Gasteiger partial charge on any atom is 0.534 e. The lowest BCUT2D eigenvalue weighted by Crippen LogP contribution is -2.49. The molecule has 3 rings (SSSR count). The van der Waals surface area contributed by atoms with Gasteiger partial charge >= 0.3 is 21.8 Å². The molecule has 39 heavy (non-hydrogen) atoms. The number of alkyl halides is 6. The Hall–Kier alpha value is -2.48. The van der Waals surface area contributed by atoms with E-state index in [2.05, 4.69) is 16.1 Å². The third kappa shape index (κ3) is 7.19. The van der Waals surface area contributed by atoms with Crippen LogP contribution < -0.4 is 9.50 Å². The van der Waals surface area contributed by atoms with Crippen LogP contribution in [0.5, 0.6) is 5.75 Å². The minimum atomic E-state index is -5.99. The van der Waals surface area contributed by atoms with Gasteiger partial charge in [0.2, 0.25) is 0 Å². The Morgan fingerprint density at radius 1 is 1.15 bits per heavy atom. The Kier molecular flexibility index (Phi) is 9.51. The number of piperidine rings is 1. The molecular weight excluding hydrogens is 597 g/mol. The predicted octanol–water partition coefficient (Wildman–Crippen LogP) is 6.75. The molecule has 0 radical (unpaired) electrons. The van der Waals surface area contributed by atoms with E-state index >= 15 is 0 Å². The first-order valence-electron chi connectivity index (χ1n) is 11.4. The topological polar surface area (TPSA) is 75.7 Å². The van der Waals surface area contributed by atoms with Gasteiger partial charge in [-0.25, -0.2) is 0 Å². The highest BCUT2D eigenvalue weighted by Crippen LogP contribution is 2.39. The molecule has 1 saturated heterocycles. The van der Waals surface area contributed by atoms with Crippen LogP contribution in [0.4, 0.5) is 26.3 Å². The molecule has 0 aromatic heterocycles. The highest BCUT2D eigenvalue weighted by atomic mass is 35.5. The summed E-state index contributed by atoms with van der Waals surface area (Å²) in [6.45, 7) is 4.62. The first-order valence-corrected chi connectivity index (χ1v) is 13.5. The number of halogens is 8. The summed E-state index contributed by atoms with van der Waals surface area (Å²) in [5.74, 6) is -1.75. The molecule has 0 bridgehead atoms. The SMILES string of the molecule is C=CCN1CCCC[C@H]1[C@@H](NC(=O)c1c(Cl)ccc(C(F)(F)F)c1Cl)c1cccc(OS(=O)(=O)C(F)(F)F)c1. The molecule has 6 nitrogen and oxygen atoms in total. The molecule has 2 atom stereocenters. The lowest BCUT2D eigenvalue weighted by Gasteiger charge is -2.40. The molecule has 2 aromatic carbocycles. The van der Waals surface area contributed by atoms with E-state index in [1.54, 1.807) is 6.08 Å². The lowest BCUT2D eigenvalue weighted by molar-refractivity contribution is -0.137. The molecule has 214 valence electrons. The molecule has 1 aliphatic heterocycles. The van der Waals surface area contributed by atoms with E-state index in [0.717, 1.165) is 24.6 Å². The number of carbonyl (C=O) groups excluding carboxylic acids is 1. The van der Waals surface area contributed by atoms with Crippen LogP contribution >= 0.6 is 23.2 Å².